The Morgan fingerprint density at radius 1 is 1.32 bits per heavy atom. The van der Waals surface area contributed by atoms with Crippen LogP contribution in [0.4, 0.5) is 0 Å². The predicted octanol–water partition coefficient (Wildman–Crippen LogP) is 2.63. The number of carbonyl (C=O) groups is 2. The number of halogens is 2. The third-order valence-electron chi connectivity index (χ3n) is 3.53. The molecule has 0 radical (unpaired) electrons. The van der Waals surface area contributed by atoms with Crippen molar-refractivity contribution >= 4 is 35.1 Å². The number of amides is 1. The minimum absolute atomic E-state index is 0.0467. The summed E-state index contributed by atoms with van der Waals surface area (Å²) >= 11 is 11.8. The Balaban J connectivity index is 1.79. The van der Waals surface area contributed by atoms with E-state index in [0.29, 0.717) is 29.4 Å². The number of benzene rings is 1. The Morgan fingerprint density at radius 3 is 2.77 bits per heavy atom. The third kappa shape index (κ3) is 4.60. The Kier molecular flexibility index (Phi) is 6.06. The van der Waals surface area contributed by atoms with E-state index in [9.17, 15) is 9.59 Å². The third-order valence-corrected chi connectivity index (χ3v) is 4.27. The lowest BCUT2D eigenvalue weighted by molar-refractivity contribution is -0.159. The Labute approximate surface area is 138 Å². The average Bonchev–Trinajstić information content (AvgIpc) is 2.51. The minimum atomic E-state index is -1.03. The quantitative estimate of drug-likeness (QED) is 0.890. The fourth-order valence-corrected chi connectivity index (χ4v) is 2.64. The van der Waals surface area contributed by atoms with Crippen LogP contribution in [-0.4, -0.2) is 47.7 Å². The SMILES string of the molecule is O=C(O)C1CN(C(=O)CCCc2ccc(Cl)c(Cl)c2)CCO1. The molecular formula is C15H17Cl2NO4. The zero-order valence-corrected chi connectivity index (χ0v) is 13.4. The van der Waals surface area contributed by atoms with E-state index in [0.717, 1.165) is 12.0 Å². The Hall–Kier alpha value is -1.30. The summed E-state index contributed by atoms with van der Waals surface area (Å²) < 4.78 is 5.10. The minimum Gasteiger partial charge on any atom is -0.479 e. The van der Waals surface area contributed by atoms with Gasteiger partial charge in [-0.3, -0.25) is 4.79 Å². The van der Waals surface area contributed by atoms with E-state index in [2.05, 4.69) is 0 Å². The normalized spacial score (nSPS) is 18.3. The van der Waals surface area contributed by atoms with E-state index >= 15 is 0 Å². The summed E-state index contributed by atoms with van der Waals surface area (Å²) in [6.07, 6.45) is 0.834. The van der Waals surface area contributed by atoms with Crippen molar-refractivity contribution in [2.45, 2.75) is 25.4 Å². The molecule has 7 heteroatoms. The van der Waals surface area contributed by atoms with E-state index in [1.165, 1.54) is 0 Å². The van der Waals surface area contributed by atoms with Crippen molar-refractivity contribution in [1.29, 1.82) is 0 Å². The van der Waals surface area contributed by atoms with Crippen LogP contribution in [0.3, 0.4) is 0 Å². The molecule has 0 spiro atoms. The maximum absolute atomic E-state index is 12.1. The van der Waals surface area contributed by atoms with Crippen molar-refractivity contribution < 1.29 is 19.4 Å². The van der Waals surface area contributed by atoms with Crippen LogP contribution in [0.2, 0.25) is 10.0 Å². The van der Waals surface area contributed by atoms with E-state index in [1.54, 1.807) is 17.0 Å². The van der Waals surface area contributed by atoms with E-state index in [1.807, 2.05) is 6.07 Å². The summed E-state index contributed by atoms with van der Waals surface area (Å²) in [5.41, 5.74) is 1.02. The van der Waals surface area contributed by atoms with Gasteiger partial charge in [0.1, 0.15) is 0 Å². The molecule has 0 aromatic heterocycles. The van der Waals surface area contributed by atoms with Gasteiger partial charge in [-0.05, 0) is 30.5 Å². The number of nitrogens with zero attached hydrogens (tertiary/aromatic N) is 1. The van der Waals surface area contributed by atoms with Crippen LogP contribution >= 0.6 is 23.2 Å². The van der Waals surface area contributed by atoms with Gasteiger partial charge in [-0.2, -0.15) is 0 Å². The molecule has 1 amide bonds. The molecule has 1 N–H and O–H groups in total. The average molecular weight is 346 g/mol. The van der Waals surface area contributed by atoms with Crippen LogP contribution in [0, 0.1) is 0 Å². The van der Waals surface area contributed by atoms with Gasteiger partial charge in [0, 0.05) is 13.0 Å². The molecule has 1 unspecified atom stereocenters. The van der Waals surface area contributed by atoms with Crippen molar-refractivity contribution in [2.24, 2.45) is 0 Å². The number of carboxylic acids is 1. The highest BCUT2D eigenvalue weighted by atomic mass is 35.5. The molecule has 1 saturated heterocycles. The van der Waals surface area contributed by atoms with Crippen molar-refractivity contribution in [3.05, 3.63) is 33.8 Å². The number of carboxylic acid groups (broad SMARTS) is 1. The number of ether oxygens (including phenoxy) is 1. The highest BCUT2D eigenvalue weighted by Crippen LogP contribution is 2.23. The maximum atomic E-state index is 12.1. The first kappa shape index (κ1) is 17.1. The molecule has 1 heterocycles. The molecule has 0 saturated carbocycles. The lowest BCUT2D eigenvalue weighted by Gasteiger charge is -2.30. The van der Waals surface area contributed by atoms with Gasteiger partial charge in [-0.15, -0.1) is 0 Å². The fraction of sp³-hybridized carbons (Fsp3) is 0.467. The molecule has 120 valence electrons. The predicted molar refractivity (Wildman–Crippen MR) is 83.4 cm³/mol. The molecule has 1 aliphatic rings. The summed E-state index contributed by atoms with van der Waals surface area (Å²) in [4.78, 5) is 24.6. The maximum Gasteiger partial charge on any atom is 0.334 e. The van der Waals surface area contributed by atoms with Gasteiger partial charge in [0.05, 0.1) is 23.2 Å². The highest BCUT2D eigenvalue weighted by Gasteiger charge is 2.28. The van der Waals surface area contributed by atoms with Gasteiger partial charge in [-0.25, -0.2) is 4.79 Å². The smallest absolute Gasteiger partial charge is 0.334 e. The number of aliphatic carboxylic acids is 1. The van der Waals surface area contributed by atoms with Crippen LogP contribution in [-0.2, 0) is 20.7 Å². The molecule has 1 atom stereocenters. The second-order valence-electron chi connectivity index (χ2n) is 5.14. The molecule has 0 aliphatic carbocycles. The lowest BCUT2D eigenvalue weighted by atomic mass is 10.1. The summed E-state index contributed by atoms with van der Waals surface area (Å²) in [7, 11) is 0. The van der Waals surface area contributed by atoms with Gasteiger partial charge < -0.3 is 14.7 Å². The van der Waals surface area contributed by atoms with Gasteiger partial charge >= 0.3 is 5.97 Å². The molecule has 2 rings (SSSR count). The molecule has 22 heavy (non-hydrogen) atoms. The van der Waals surface area contributed by atoms with Gasteiger partial charge in [0.25, 0.3) is 0 Å². The summed E-state index contributed by atoms with van der Waals surface area (Å²) in [6, 6.07) is 5.41. The number of morpholine rings is 1. The van der Waals surface area contributed by atoms with Crippen molar-refractivity contribution in [3.63, 3.8) is 0 Å². The van der Waals surface area contributed by atoms with Crippen molar-refractivity contribution in [3.8, 4) is 0 Å². The second-order valence-corrected chi connectivity index (χ2v) is 5.95. The molecule has 0 bridgehead atoms. The topological polar surface area (TPSA) is 66.8 Å². The molecule has 5 nitrogen and oxygen atoms in total. The largest absolute Gasteiger partial charge is 0.479 e. The zero-order chi connectivity index (χ0) is 16.1. The van der Waals surface area contributed by atoms with Crippen molar-refractivity contribution in [1.82, 2.24) is 4.90 Å². The monoisotopic (exact) mass is 345 g/mol. The number of hydrogen-bond donors (Lipinski definition) is 1. The zero-order valence-electron chi connectivity index (χ0n) is 11.9. The van der Waals surface area contributed by atoms with Gasteiger partial charge in [-0.1, -0.05) is 29.3 Å². The number of hydrogen-bond acceptors (Lipinski definition) is 3. The summed E-state index contributed by atoms with van der Waals surface area (Å²) in [5.74, 6) is -1.08. The molecule has 1 fully saturated rings. The van der Waals surface area contributed by atoms with E-state index < -0.39 is 12.1 Å². The van der Waals surface area contributed by atoms with Crippen LogP contribution in [0.1, 0.15) is 18.4 Å². The Bertz CT molecular complexity index is 564. The summed E-state index contributed by atoms with van der Waals surface area (Å²) in [6.45, 7) is 0.811. The number of rotatable bonds is 5. The van der Waals surface area contributed by atoms with Crippen molar-refractivity contribution in [2.75, 3.05) is 19.7 Å². The standard InChI is InChI=1S/C15H17Cl2NO4/c16-11-5-4-10(8-12(11)17)2-1-3-14(19)18-6-7-22-13(9-18)15(20)21/h4-5,8,13H,1-3,6-7,9H2,(H,20,21). The highest BCUT2D eigenvalue weighted by molar-refractivity contribution is 6.42. The number of aryl methyl sites for hydroxylation is 1. The lowest BCUT2D eigenvalue weighted by Crippen LogP contribution is -2.48. The first-order valence-electron chi connectivity index (χ1n) is 7.03. The van der Waals surface area contributed by atoms with Crippen LogP contribution < -0.4 is 0 Å². The van der Waals surface area contributed by atoms with Crippen LogP contribution in [0.15, 0.2) is 18.2 Å². The number of carbonyl (C=O) groups excluding carboxylic acids is 1. The molecule has 1 aromatic carbocycles. The van der Waals surface area contributed by atoms with Crippen LogP contribution in [0.25, 0.3) is 0 Å². The van der Waals surface area contributed by atoms with Gasteiger partial charge in [0.15, 0.2) is 6.10 Å². The second kappa shape index (κ2) is 7.81. The molecule has 1 aliphatic heterocycles. The first-order chi connectivity index (χ1) is 10.5. The summed E-state index contributed by atoms with van der Waals surface area (Å²) in [5, 5.41) is 9.94. The van der Waals surface area contributed by atoms with E-state index in [-0.39, 0.29) is 19.1 Å². The molecule has 1 aromatic rings. The van der Waals surface area contributed by atoms with Gasteiger partial charge in [0.2, 0.25) is 5.91 Å². The van der Waals surface area contributed by atoms with Crippen LogP contribution in [0.5, 0.6) is 0 Å². The first-order valence-corrected chi connectivity index (χ1v) is 7.79. The Morgan fingerprint density at radius 2 is 2.09 bits per heavy atom. The fourth-order valence-electron chi connectivity index (χ4n) is 2.32. The van der Waals surface area contributed by atoms with E-state index in [4.69, 9.17) is 33.0 Å². The molecular weight excluding hydrogens is 329 g/mol.